The van der Waals surface area contributed by atoms with Gasteiger partial charge in [0.15, 0.2) is 5.69 Å². The van der Waals surface area contributed by atoms with E-state index in [0.29, 0.717) is 3.57 Å². The highest BCUT2D eigenvalue weighted by atomic mass is 127. The van der Waals surface area contributed by atoms with E-state index in [2.05, 4.69) is 5.10 Å². The normalized spacial score (nSPS) is 12.8. The van der Waals surface area contributed by atoms with Crippen molar-refractivity contribution in [3.05, 3.63) is 15.5 Å². The summed E-state index contributed by atoms with van der Waals surface area (Å²) < 4.78 is 2.25. The second-order valence-electron chi connectivity index (χ2n) is 2.85. The minimum atomic E-state index is -0.915. The zero-order chi connectivity index (χ0) is 10.0. The smallest absolute Gasteiger partial charge is 0.355 e. The Balaban J connectivity index is 3.14. The Bertz CT molecular complexity index is 322. The predicted molar refractivity (Wildman–Crippen MR) is 56.9 cm³/mol. The zero-order valence-electron chi connectivity index (χ0n) is 7.49. The number of hydrogen-bond donors (Lipinski definition) is 1. The number of nitrogens with zero attached hydrogens (tertiary/aromatic N) is 2. The summed E-state index contributed by atoms with van der Waals surface area (Å²) in [5.74, 6) is -0.915. The molecule has 0 unspecified atom stereocenters. The first-order valence-electron chi connectivity index (χ1n) is 4.04. The number of aromatic nitrogens is 2. The zero-order valence-corrected chi connectivity index (χ0v) is 9.65. The van der Waals surface area contributed by atoms with Gasteiger partial charge in [-0.15, -0.1) is 0 Å². The largest absolute Gasteiger partial charge is 0.476 e. The van der Waals surface area contributed by atoms with E-state index < -0.39 is 5.97 Å². The third-order valence-electron chi connectivity index (χ3n) is 1.96. The maximum Gasteiger partial charge on any atom is 0.355 e. The van der Waals surface area contributed by atoms with Crippen molar-refractivity contribution in [1.82, 2.24) is 9.78 Å². The maximum absolute atomic E-state index is 10.9. The van der Waals surface area contributed by atoms with Crippen LogP contribution in [0, 0.1) is 3.57 Å². The lowest BCUT2D eigenvalue weighted by atomic mass is 10.2. The summed E-state index contributed by atoms with van der Waals surface area (Å²) >= 11 is 1.98. The van der Waals surface area contributed by atoms with Gasteiger partial charge in [-0.2, -0.15) is 5.10 Å². The topological polar surface area (TPSA) is 55.1 Å². The number of carbonyl (C=O) groups is 1. The van der Waals surface area contributed by atoms with Gasteiger partial charge in [-0.1, -0.05) is 6.92 Å². The summed E-state index contributed by atoms with van der Waals surface area (Å²) in [7, 11) is 0. The van der Waals surface area contributed by atoms with Crippen LogP contribution in [0.5, 0.6) is 0 Å². The Morgan fingerprint density at radius 2 is 2.46 bits per heavy atom. The van der Waals surface area contributed by atoms with Crippen LogP contribution in [-0.2, 0) is 0 Å². The summed E-state index contributed by atoms with van der Waals surface area (Å²) in [6.45, 7) is 3.96. The fourth-order valence-electron chi connectivity index (χ4n) is 1.05. The molecule has 0 spiro atoms. The van der Waals surface area contributed by atoms with E-state index in [4.69, 9.17) is 5.11 Å². The molecule has 0 aliphatic rings. The molecule has 0 saturated carbocycles. The predicted octanol–water partition coefficient (Wildman–Crippen LogP) is 2.16. The Morgan fingerprint density at radius 1 is 1.85 bits per heavy atom. The van der Waals surface area contributed by atoms with Crippen LogP contribution in [0.15, 0.2) is 6.20 Å². The van der Waals surface area contributed by atoms with Gasteiger partial charge in [0.25, 0.3) is 0 Å². The molecule has 1 N–H and O–H groups in total. The number of hydrogen-bond acceptors (Lipinski definition) is 2. The monoisotopic (exact) mass is 294 g/mol. The van der Waals surface area contributed by atoms with Crippen molar-refractivity contribution in [3.8, 4) is 0 Å². The van der Waals surface area contributed by atoms with E-state index in [0.717, 1.165) is 6.42 Å². The molecule has 1 aromatic heterocycles. The Hall–Kier alpha value is -0.590. The van der Waals surface area contributed by atoms with Gasteiger partial charge in [-0.05, 0) is 35.9 Å². The number of carboxylic acids is 1. The molecule has 72 valence electrons. The van der Waals surface area contributed by atoms with Crippen LogP contribution in [0.2, 0.25) is 0 Å². The van der Waals surface area contributed by atoms with Gasteiger partial charge in [-0.3, -0.25) is 4.68 Å². The Labute approximate surface area is 90.1 Å². The summed E-state index contributed by atoms with van der Waals surface area (Å²) in [4.78, 5) is 10.9. The highest BCUT2D eigenvalue weighted by molar-refractivity contribution is 14.1. The molecule has 13 heavy (non-hydrogen) atoms. The molecular weight excluding hydrogens is 283 g/mol. The highest BCUT2D eigenvalue weighted by Gasteiger charge is 2.18. The first-order chi connectivity index (χ1) is 6.07. The number of halogens is 1. The van der Waals surface area contributed by atoms with Crippen molar-refractivity contribution < 1.29 is 9.90 Å². The van der Waals surface area contributed by atoms with E-state index >= 15 is 0 Å². The molecule has 1 atom stereocenters. The van der Waals surface area contributed by atoms with Crippen LogP contribution in [0.4, 0.5) is 0 Å². The van der Waals surface area contributed by atoms with Gasteiger partial charge in [0.2, 0.25) is 0 Å². The van der Waals surface area contributed by atoms with Crippen molar-refractivity contribution in [2.75, 3.05) is 0 Å². The number of carboxylic acid groups (broad SMARTS) is 1. The van der Waals surface area contributed by atoms with Gasteiger partial charge in [0.05, 0.1) is 9.77 Å². The molecule has 0 aliphatic heterocycles. The first kappa shape index (κ1) is 10.5. The van der Waals surface area contributed by atoms with E-state index in [1.165, 1.54) is 0 Å². The van der Waals surface area contributed by atoms with Crippen LogP contribution in [0.1, 0.15) is 36.8 Å². The fourth-order valence-corrected chi connectivity index (χ4v) is 1.65. The molecule has 1 aromatic rings. The maximum atomic E-state index is 10.9. The molecule has 0 radical (unpaired) electrons. The van der Waals surface area contributed by atoms with Crippen molar-refractivity contribution in [3.63, 3.8) is 0 Å². The van der Waals surface area contributed by atoms with Gasteiger partial charge in [-0.25, -0.2) is 4.79 Å². The van der Waals surface area contributed by atoms with Crippen LogP contribution < -0.4 is 0 Å². The lowest BCUT2D eigenvalue weighted by Crippen LogP contribution is -2.14. The molecule has 0 aromatic carbocycles. The molecule has 0 bridgehead atoms. The molecule has 0 saturated heterocycles. The average molecular weight is 294 g/mol. The molecule has 0 aliphatic carbocycles. The van der Waals surface area contributed by atoms with Gasteiger partial charge >= 0.3 is 5.97 Å². The minimum Gasteiger partial charge on any atom is -0.476 e. The van der Waals surface area contributed by atoms with E-state index in [1.807, 2.05) is 36.4 Å². The third-order valence-corrected chi connectivity index (χ3v) is 2.75. The van der Waals surface area contributed by atoms with E-state index in [9.17, 15) is 4.79 Å². The average Bonchev–Trinajstić information content (AvgIpc) is 2.45. The van der Waals surface area contributed by atoms with E-state index in [1.54, 1.807) is 10.9 Å². The quantitative estimate of drug-likeness (QED) is 0.869. The van der Waals surface area contributed by atoms with Crippen molar-refractivity contribution in [2.24, 2.45) is 0 Å². The Kier molecular flexibility index (Phi) is 3.29. The lowest BCUT2D eigenvalue weighted by Gasteiger charge is -2.11. The molecule has 0 fully saturated rings. The second-order valence-corrected chi connectivity index (χ2v) is 4.01. The molecule has 0 amide bonds. The molecule has 4 nitrogen and oxygen atoms in total. The van der Waals surface area contributed by atoms with Crippen molar-refractivity contribution >= 4 is 28.6 Å². The van der Waals surface area contributed by atoms with Crippen molar-refractivity contribution in [2.45, 2.75) is 26.3 Å². The van der Waals surface area contributed by atoms with Crippen LogP contribution in [0.25, 0.3) is 0 Å². The van der Waals surface area contributed by atoms with Crippen LogP contribution in [0.3, 0.4) is 0 Å². The summed E-state index contributed by atoms with van der Waals surface area (Å²) in [6.07, 6.45) is 2.45. The SMILES string of the molecule is CC[C@H](C)n1ncc(I)c1C(=O)O. The fraction of sp³-hybridized carbons (Fsp3) is 0.500. The summed E-state index contributed by atoms with van der Waals surface area (Å²) in [5.41, 5.74) is 0.287. The molecule has 1 heterocycles. The van der Waals surface area contributed by atoms with Gasteiger partial charge in [0.1, 0.15) is 0 Å². The summed E-state index contributed by atoms with van der Waals surface area (Å²) in [6, 6.07) is 0.134. The molecule has 1 rings (SSSR count). The summed E-state index contributed by atoms with van der Waals surface area (Å²) in [5, 5.41) is 13.0. The molecule has 5 heteroatoms. The Morgan fingerprint density at radius 3 is 2.92 bits per heavy atom. The van der Waals surface area contributed by atoms with Gasteiger partial charge < -0.3 is 5.11 Å². The number of aromatic carboxylic acids is 1. The third kappa shape index (κ3) is 2.01. The van der Waals surface area contributed by atoms with Crippen molar-refractivity contribution in [1.29, 1.82) is 0 Å². The number of rotatable bonds is 3. The first-order valence-corrected chi connectivity index (χ1v) is 5.12. The lowest BCUT2D eigenvalue weighted by molar-refractivity contribution is 0.0679. The van der Waals surface area contributed by atoms with Gasteiger partial charge in [0, 0.05) is 6.04 Å². The highest BCUT2D eigenvalue weighted by Crippen LogP contribution is 2.17. The molecular formula is C8H11IN2O2. The minimum absolute atomic E-state index is 0.134. The van der Waals surface area contributed by atoms with E-state index in [-0.39, 0.29) is 11.7 Å². The van der Waals surface area contributed by atoms with Crippen LogP contribution in [-0.4, -0.2) is 20.9 Å². The second kappa shape index (κ2) is 4.08. The standard InChI is InChI=1S/C8H11IN2O2/c1-3-5(2)11-7(8(12)13)6(9)4-10-11/h4-5H,3H2,1-2H3,(H,12,13)/t5-/m0/s1. The van der Waals surface area contributed by atoms with Crippen LogP contribution >= 0.6 is 22.6 Å².